The van der Waals surface area contributed by atoms with Gasteiger partial charge in [-0.3, -0.25) is 0 Å². The lowest BCUT2D eigenvalue weighted by molar-refractivity contribution is 0.827. The lowest BCUT2D eigenvalue weighted by Crippen LogP contribution is -1.96. The van der Waals surface area contributed by atoms with E-state index in [1.165, 1.54) is 0 Å². The summed E-state index contributed by atoms with van der Waals surface area (Å²) in [4.78, 5) is 10.1. The van der Waals surface area contributed by atoms with Gasteiger partial charge in [-0.1, -0.05) is 41.6 Å². The largest absolute Gasteiger partial charge is 0.150 e. The van der Waals surface area contributed by atoms with Crippen molar-refractivity contribution in [2.75, 3.05) is 0 Å². The smallest absolute Gasteiger partial charge is 0.114 e. The number of hydrogen-bond acceptors (Lipinski definition) is 2. The summed E-state index contributed by atoms with van der Waals surface area (Å²) < 4.78 is 0. The third kappa shape index (κ3) is 1.97. The molecular formula is C8H9NO. The quantitative estimate of drug-likeness (QED) is 0.507. The number of rotatable bonds is 1. The molecule has 2 heteroatoms. The maximum Gasteiger partial charge on any atom is 0.114 e. The van der Waals surface area contributed by atoms with Crippen LogP contribution in [-0.2, 0) is 0 Å². The Morgan fingerprint density at radius 3 is 2.80 bits per heavy atom. The second kappa shape index (κ2) is 3.77. The Hall–Kier alpha value is -1.18. The molecule has 52 valence electrons. The minimum atomic E-state index is -0.179. The molecule has 0 radical (unpaired) electrons. The predicted molar refractivity (Wildman–Crippen MR) is 41.6 cm³/mol. The zero-order valence-corrected chi connectivity index (χ0v) is 5.60. The fraction of sp³-hybridized carbons (Fsp3) is 0.250. The van der Waals surface area contributed by atoms with Crippen molar-refractivity contribution in [2.24, 2.45) is 5.18 Å². The summed E-state index contributed by atoms with van der Waals surface area (Å²) in [7, 11) is 0. The summed E-state index contributed by atoms with van der Waals surface area (Å²) in [6.45, 7) is 0. The summed E-state index contributed by atoms with van der Waals surface area (Å²) in [5.74, 6) is 0. The molecule has 0 N–H and O–H groups in total. The van der Waals surface area contributed by atoms with Crippen molar-refractivity contribution in [3.63, 3.8) is 0 Å². The van der Waals surface area contributed by atoms with E-state index in [4.69, 9.17) is 0 Å². The fourth-order valence-corrected chi connectivity index (χ4v) is 0.774. The van der Waals surface area contributed by atoms with Crippen LogP contribution in [0.1, 0.15) is 6.42 Å². The van der Waals surface area contributed by atoms with Crippen LogP contribution in [0.2, 0.25) is 0 Å². The molecule has 0 aromatic carbocycles. The normalized spacial score (nSPS) is 33.4. The van der Waals surface area contributed by atoms with E-state index < -0.39 is 0 Å². The number of hydrogen-bond donors (Lipinski definition) is 0. The summed E-state index contributed by atoms with van der Waals surface area (Å²) in [6.07, 6.45) is 12.0. The van der Waals surface area contributed by atoms with Gasteiger partial charge >= 0.3 is 0 Å². The van der Waals surface area contributed by atoms with Crippen molar-refractivity contribution in [1.29, 1.82) is 0 Å². The van der Waals surface area contributed by atoms with Crippen molar-refractivity contribution in [2.45, 2.75) is 12.5 Å². The average molecular weight is 135 g/mol. The Morgan fingerprint density at radius 2 is 2.00 bits per heavy atom. The Balaban J connectivity index is 2.63. The summed E-state index contributed by atoms with van der Waals surface area (Å²) in [5.41, 5.74) is 0. The second-order valence-corrected chi connectivity index (χ2v) is 2.11. The van der Waals surface area contributed by atoms with Gasteiger partial charge in [0.1, 0.15) is 6.04 Å². The van der Waals surface area contributed by atoms with Crippen LogP contribution in [0, 0.1) is 4.91 Å². The number of nitrogens with zero attached hydrogens (tertiary/aromatic N) is 1. The molecule has 0 fully saturated rings. The molecule has 0 aromatic rings. The molecule has 0 aromatic heterocycles. The monoisotopic (exact) mass is 135 g/mol. The molecule has 0 aliphatic heterocycles. The van der Waals surface area contributed by atoms with Gasteiger partial charge in [0.2, 0.25) is 0 Å². The Morgan fingerprint density at radius 1 is 1.20 bits per heavy atom. The highest BCUT2D eigenvalue weighted by molar-refractivity contribution is 5.16. The molecular weight excluding hydrogens is 126 g/mol. The SMILES string of the molecule is O=NC1\C=C/C=C\C=C/C1. The van der Waals surface area contributed by atoms with Gasteiger partial charge < -0.3 is 0 Å². The molecule has 0 bridgehead atoms. The van der Waals surface area contributed by atoms with Gasteiger partial charge in [-0.05, 0) is 6.42 Å². The van der Waals surface area contributed by atoms with Crippen molar-refractivity contribution < 1.29 is 0 Å². The van der Waals surface area contributed by atoms with Gasteiger partial charge in [-0.25, -0.2) is 0 Å². The van der Waals surface area contributed by atoms with Crippen LogP contribution in [0.25, 0.3) is 0 Å². The zero-order chi connectivity index (χ0) is 7.23. The maximum atomic E-state index is 10.1. The molecule has 1 aliphatic rings. The van der Waals surface area contributed by atoms with Crippen LogP contribution in [0.4, 0.5) is 0 Å². The Kier molecular flexibility index (Phi) is 2.62. The first kappa shape index (κ1) is 6.93. The maximum absolute atomic E-state index is 10.1. The van der Waals surface area contributed by atoms with E-state index in [1.807, 2.05) is 30.4 Å². The van der Waals surface area contributed by atoms with Crippen molar-refractivity contribution in [3.05, 3.63) is 41.4 Å². The standard InChI is InChI=1S/C8H9NO/c10-9-8-6-4-2-1-3-5-7-8/h1-6,8H,7H2/b2-1-,5-3-,6-4-. The Bertz CT molecular complexity index is 191. The Labute approximate surface area is 59.9 Å². The molecule has 1 atom stereocenters. The van der Waals surface area contributed by atoms with E-state index in [0.29, 0.717) is 6.42 Å². The van der Waals surface area contributed by atoms with Crippen LogP contribution in [-0.4, -0.2) is 6.04 Å². The third-order valence-corrected chi connectivity index (χ3v) is 1.32. The summed E-state index contributed by atoms with van der Waals surface area (Å²) >= 11 is 0. The molecule has 0 heterocycles. The van der Waals surface area contributed by atoms with Crippen LogP contribution in [0.3, 0.4) is 0 Å². The molecule has 0 saturated heterocycles. The highest BCUT2D eigenvalue weighted by atomic mass is 16.3. The van der Waals surface area contributed by atoms with Gasteiger partial charge in [0.05, 0.1) is 0 Å². The van der Waals surface area contributed by atoms with E-state index in [9.17, 15) is 4.91 Å². The van der Waals surface area contributed by atoms with E-state index in [-0.39, 0.29) is 6.04 Å². The first-order valence-electron chi connectivity index (χ1n) is 3.26. The first-order chi connectivity index (χ1) is 4.93. The fourth-order valence-electron chi connectivity index (χ4n) is 0.774. The van der Waals surface area contributed by atoms with Crippen LogP contribution in [0.15, 0.2) is 41.6 Å². The average Bonchev–Trinajstić information content (AvgIpc) is 1.87. The molecule has 1 aliphatic carbocycles. The van der Waals surface area contributed by atoms with Gasteiger partial charge in [0.25, 0.3) is 0 Å². The van der Waals surface area contributed by atoms with Crippen molar-refractivity contribution >= 4 is 0 Å². The molecule has 0 saturated carbocycles. The number of allylic oxidation sites excluding steroid dienone is 4. The molecule has 1 rings (SSSR count). The third-order valence-electron chi connectivity index (χ3n) is 1.32. The molecule has 10 heavy (non-hydrogen) atoms. The lowest BCUT2D eigenvalue weighted by Gasteiger charge is -1.97. The van der Waals surface area contributed by atoms with Gasteiger partial charge in [0, 0.05) is 0 Å². The van der Waals surface area contributed by atoms with Crippen LogP contribution in [0.5, 0.6) is 0 Å². The topological polar surface area (TPSA) is 29.4 Å². The summed E-state index contributed by atoms with van der Waals surface area (Å²) in [5, 5.41) is 2.93. The van der Waals surface area contributed by atoms with Crippen molar-refractivity contribution in [1.82, 2.24) is 0 Å². The van der Waals surface area contributed by atoms with E-state index in [1.54, 1.807) is 6.08 Å². The summed E-state index contributed by atoms with van der Waals surface area (Å²) in [6, 6.07) is -0.179. The first-order valence-corrected chi connectivity index (χ1v) is 3.26. The molecule has 0 amide bonds. The highest BCUT2D eigenvalue weighted by Gasteiger charge is 1.99. The van der Waals surface area contributed by atoms with Crippen LogP contribution >= 0.6 is 0 Å². The molecule has 0 spiro atoms. The highest BCUT2D eigenvalue weighted by Crippen LogP contribution is 2.03. The molecule has 2 nitrogen and oxygen atoms in total. The van der Waals surface area contributed by atoms with E-state index in [2.05, 4.69) is 5.18 Å². The minimum absolute atomic E-state index is 0.179. The van der Waals surface area contributed by atoms with Crippen LogP contribution < -0.4 is 0 Å². The second-order valence-electron chi connectivity index (χ2n) is 2.11. The number of nitroso groups, excluding NO2 is 1. The van der Waals surface area contributed by atoms with Gasteiger partial charge in [-0.15, -0.1) is 0 Å². The minimum Gasteiger partial charge on any atom is -0.150 e. The van der Waals surface area contributed by atoms with Gasteiger partial charge in [-0.2, -0.15) is 4.91 Å². The van der Waals surface area contributed by atoms with E-state index >= 15 is 0 Å². The van der Waals surface area contributed by atoms with E-state index in [0.717, 1.165) is 0 Å². The molecule has 1 unspecified atom stereocenters. The van der Waals surface area contributed by atoms with Gasteiger partial charge in [0.15, 0.2) is 0 Å². The predicted octanol–water partition coefficient (Wildman–Crippen LogP) is 2.19. The van der Waals surface area contributed by atoms with Crippen molar-refractivity contribution in [3.8, 4) is 0 Å². The zero-order valence-electron chi connectivity index (χ0n) is 5.60. The lowest BCUT2D eigenvalue weighted by atomic mass is 10.1.